The number of Topliss-reactive ketones (excluding diaryl/α,β-unsaturated/α-hetero) is 1. The highest BCUT2D eigenvalue weighted by Crippen LogP contribution is 2.18. The highest BCUT2D eigenvalue weighted by Gasteiger charge is 2.15. The van der Waals surface area contributed by atoms with Crippen LogP contribution in [0.25, 0.3) is 0 Å². The number of ketones is 1. The van der Waals surface area contributed by atoms with E-state index in [1.165, 1.54) is 6.92 Å². The normalized spacial score (nSPS) is 11.9. The fourth-order valence-corrected chi connectivity index (χ4v) is 1.45. The molecule has 4 heteroatoms. The van der Waals surface area contributed by atoms with Gasteiger partial charge in [-0.2, -0.15) is 0 Å². The molecule has 0 aromatic heterocycles. The summed E-state index contributed by atoms with van der Waals surface area (Å²) < 4.78 is 5.44. The van der Waals surface area contributed by atoms with Gasteiger partial charge in [-0.25, -0.2) is 0 Å². The molecule has 4 nitrogen and oxygen atoms in total. The lowest BCUT2D eigenvalue weighted by Gasteiger charge is -2.09. The van der Waals surface area contributed by atoms with E-state index in [1.54, 1.807) is 24.3 Å². The molecular formula is C13H17NO3. The van der Waals surface area contributed by atoms with Gasteiger partial charge in [0.25, 0.3) is 0 Å². The first-order valence-corrected chi connectivity index (χ1v) is 5.52. The predicted molar refractivity (Wildman–Crippen MR) is 65.3 cm³/mol. The van der Waals surface area contributed by atoms with E-state index in [-0.39, 0.29) is 5.78 Å². The van der Waals surface area contributed by atoms with Crippen LogP contribution in [0.2, 0.25) is 0 Å². The molecule has 92 valence electrons. The largest absolute Gasteiger partial charge is 0.492 e. The van der Waals surface area contributed by atoms with Crippen molar-refractivity contribution < 1.29 is 14.3 Å². The molecule has 1 N–H and O–H groups in total. The van der Waals surface area contributed by atoms with Crippen molar-refractivity contribution in [2.75, 3.05) is 20.2 Å². The van der Waals surface area contributed by atoms with E-state index in [4.69, 9.17) is 4.74 Å². The number of ether oxygens (including phenoxy) is 1. The topological polar surface area (TPSA) is 55.4 Å². The smallest absolute Gasteiger partial charge is 0.144 e. The zero-order chi connectivity index (χ0) is 12.7. The molecule has 0 aliphatic carbocycles. The Morgan fingerprint density at radius 3 is 2.53 bits per heavy atom. The Balaban J connectivity index is 2.66. The molecule has 0 amide bonds. The van der Waals surface area contributed by atoms with Gasteiger partial charge in [-0.15, -0.1) is 0 Å². The number of rotatable bonds is 7. The third-order valence-corrected chi connectivity index (χ3v) is 2.43. The molecule has 0 saturated carbocycles. The summed E-state index contributed by atoms with van der Waals surface area (Å²) in [6.07, 6.45) is 0.666. The molecule has 0 aliphatic rings. The Morgan fingerprint density at radius 2 is 2.06 bits per heavy atom. The zero-order valence-corrected chi connectivity index (χ0v) is 10.1. The third-order valence-electron chi connectivity index (χ3n) is 2.43. The van der Waals surface area contributed by atoms with Crippen molar-refractivity contribution in [3.05, 3.63) is 29.8 Å². The average molecular weight is 235 g/mol. The van der Waals surface area contributed by atoms with E-state index in [2.05, 4.69) is 5.32 Å². The molecule has 0 saturated heterocycles. The van der Waals surface area contributed by atoms with E-state index in [0.29, 0.717) is 18.5 Å². The quantitative estimate of drug-likeness (QED) is 0.437. The first-order valence-electron chi connectivity index (χ1n) is 5.52. The summed E-state index contributed by atoms with van der Waals surface area (Å²) in [7, 11) is 1.86. The van der Waals surface area contributed by atoms with Gasteiger partial charge in [0.05, 0.1) is 5.92 Å². The molecule has 1 aromatic rings. The summed E-state index contributed by atoms with van der Waals surface area (Å²) in [5.41, 5.74) is 0.702. The molecule has 1 rings (SSSR count). The van der Waals surface area contributed by atoms with Gasteiger partial charge >= 0.3 is 0 Å². The summed E-state index contributed by atoms with van der Waals surface area (Å²) in [6, 6.07) is 7.03. The lowest BCUT2D eigenvalue weighted by molar-refractivity contribution is -0.122. The van der Waals surface area contributed by atoms with Crippen molar-refractivity contribution in [2.45, 2.75) is 12.8 Å². The highest BCUT2D eigenvalue weighted by atomic mass is 16.5. The summed E-state index contributed by atoms with van der Waals surface area (Å²) >= 11 is 0. The van der Waals surface area contributed by atoms with Crippen LogP contribution in [-0.4, -0.2) is 32.3 Å². The standard InChI is InChI=1S/C13H17NO3/c1-10(16)13(9-15)11-3-5-12(6-4-11)17-8-7-14-2/h3-6,9,13-14H,7-8H2,1-2H3. The first kappa shape index (κ1) is 13.4. The van der Waals surface area contributed by atoms with Crippen molar-refractivity contribution in [2.24, 2.45) is 0 Å². The van der Waals surface area contributed by atoms with E-state index >= 15 is 0 Å². The number of nitrogens with one attached hydrogen (secondary N) is 1. The zero-order valence-electron chi connectivity index (χ0n) is 10.1. The number of carbonyl (C=O) groups excluding carboxylic acids is 2. The van der Waals surface area contributed by atoms with Gasteiger partial charge in [-0.1, -0.05) is 12.1 Å². The minimum absolute atomic E-state index is 0.149. The maximum absolute atomic E-state index is 11.2. The van der Waals surface area contributed by atoms with Crippen LogP contribution >= 0.6 is 0 Å². The second-order valence-corrected chi connectivity index (χ2v) is 3.75. The van der Waals surface area contributed by atoms with Crippen molar-refractivity contribution in [3.63, 3.8) is 0 Å². The fraction of sp³-hybridized carbons (Fsp3) is 0.385. The molecule has 0 bridgehead atoms. The molecule has 0 spiro atoms. The van der Waals surface area contributed by atoms with Gasteiger partial charge in [0.15, 0.2) is 0 Å². The van der Waals surface area contributed by atoms with E-state index in [9.17, 15) is 9.59 Å². The lowest BCUT2D eigenvalue weighted by atomic mass is 9.97. The van der Waals surface area contributed by atoms with E-state index in [0.717, 1.165) is 12.3 Å². The first-order chi connectivity index (χ1) is 8.19. The lowest BCUT2D eigenvalue weighted by Crippen LogP contribution is -2.16. The number of likely N-dealkylation sites (N-methyl/N-ethyl adjacent to an activating group) is 1. The van der Waals surface area contributed by atoms with Gasteiger partial charge in [0, 0.05) is 6.54 Å². The second kappa shape index (κ2) is 6.81. The molecule has 1 atom stereocenters. The van der Waals surface area contributed by atoms with Gasteiger partial charge in [0.2, 0.25) is 0 Å². The number of hydrogen-bond donors (Lipinski definition) is 1. The van der Waals surface area contributed by atoms with Crippen LogP contribution in [0.3, 0.4) is 0 Å². The summed E-state index contributed by atoms with van der Waals surface area (Å²) in [5, 5.41) is 2.98. The molecule has 0 fully saturated rings. The second-order valence-electron chi connectivity index (χ2n) is 3.75. The van der Waals surface area contributed by atoms with Crippen LogP contribution in [-0.2, 0) is 9.59 Å². The predicted octanol–water partition coefficient (Wildman–Crippen LogP) is 1.16. The highest BCUT2D eigenvalue weighted by molar-refractivity contribution is 5.97. The number of benzene rings is 1. The Kier molecular flexibility index (Phi) is 5.36. The van der Waals surface area contributed by atoms with Crippen LogP contribution in [0.5, 0.6) is 5.75 Å². The Labute approximate surface area is 101 Å². The molecule has 17 heavy (non-hydrogen) atoms. The van der Waals surface area contributed by atoms with Gasteiger partial charge in [0.1, 0.15) is 24.4 Å². The number of aldehydes is 1. The maximum Gasteiger partial charge on any atom is 0.144 e. The Morgan fingerprint density at radius 1 is 1.41 bits per heavy atom. The molecule has 0 aliphatic heterocycles. The monoisotopic (exact) mass is 235 g/mol. The third kappa shape index (κ3) is 4.00. The maximum atomic E-state index is 11.2. The van der Waals surface area contributed by atoms with E-state index < -0.39 is 5.92 Å². The van der Waals surface area contributed by atoms with Crippen molar-refractivity contribution >= 4 is 12.1 Å². The van der Waals surface area contributed by atoms with E-state index in [1.807, 2.05) is 7.05 Å². The summed E-state index contributed by atoms with van der Waals surface area (Å²) in [6.45, 7) is 2.77. The fourth-order valence-electron chi connectivity index (χ4n) is 1.45. The van der Waals surface area contributed by atoms with Crippen LogP contribution < -0.4 is 10.1 Å². The van der Waals surface area contributed by atoms with Crippen LogP contribution in [0.4, 0.5) is 0 Å². The van der Waals surface area contributed by atoms with Crippen LogP contribution in [0.15, 0.2) is 24.3 Å². The Hall–Kier alpha value is -1.68. The number of carbonyl (C=O) groups is 2. The Bertz CT molecular complexity index is 373. The van der Waals surface area contributed by atoms with Crippen molar-refractivity contribution in [3.8, 4) is 5.75 Å². The van der Waals surface area contributed by atoms with Gasteiger partial charge in [-0.05, 0) is 31.7 Å². The van der Waals surface area contributed by atoms with Gasteiger partial charge in [-0.3, -0.25) is 4.79 Å². The minimum atomic E-state index is -0.665. The van der Waals surface area contributed by atoms with Crippen LogP contribution in [0.1, 0.15) is 18.4 Å². The molecular weight excluding hydrogens is 218 g/mol. The average Bonchev–Trinajstić information content (AvgIpc) is 2.32. The summed E-state index contributed by atoms with van der Waals surface area (Å²) in [4.78, 5) is 22.0. The van der Waals surface area contributed by atoms with Crippen molar-refractivity contribution in [1.82, 2.24) is 5.32 Å². The minimum Gasteiger partial charge on any atom is -0.492 e. The molecule has 0 heterocycles. The molecule has 1 aromatic carbocycles. The molecule has 1 unspecified atom stereocenters. The van der Waals surface area contributed by atoms with Gasteiger partial charge < -0.3 is 14.8 Å². The van der Waals surface area contributed by atoms with Crippen LogP contribution in [0, 0.1) is 0 Å². The SMILES string of the molecule is CNCCOc1ccc(C(C=O)C(C)=O)cc1. The number of hydrogen-bond acceptors (Lipinski definition) is 4. The summed E-state index contributed by atoms with van der Waals surface area (Å²) in [5.74, 6) is -0.0811. The molecule has 0 radical (unpaired) electrons. The van der Waals surface area contributed by atoms with Crippen molar-refractivity contribution in [1.29, 1.82) is 0 Å².